The smallest absolute Gasteiger partial charge is 1.00 e. The van der Waals surface area contributed by atoms with Crippen LogP contribution in [-0.2, 0) is 0 Å². The maximum atomic E-state index is 9.54. The molecule has 0 atom stereocenters. The van der Waals surface area contributed by atoms with E-state index in [0.29, 0.717) is 24.2 Å². The molecule has 2 aromatic rings. The zero-order chi connectivity index (χ0) is 14.2. The third kappa shape index (κ3) is 5.57. The van der Waals surface area contributed by atoms with Gasteiger partial charge in [-0.15, -0.1) is 0 Å². The molecule has 0 heterocycles. The molecule has 2 aromatic carbocycles. The van der Waals surface area contributed by atoms with E-state index in [9.17, 15) is 10.2 Å². The number of para-hydroxylation sites is 2. The van der Waals surface area contributed by atoms with Gasteiger partial charge in [0.2, 0.25) is 0 Å². The van der Waals surface area contributed by atoms with Crippen molar-refractivity contribution in [3.05, 3.63) is 59.7 Å². The number of hydrogen-bond donors (Lipinski definition) is 2. The summed E-state index contributed by atoms with van der Waals surface area (Å²) in [5.74, 6) is 0.433. The Morgan fingerprint density at radius 3 is 1.52 bits per heavy atom. The van der Waals surface area contributed by atoms with E-state index in [2.05, 4.69) is 9.98 Å². The molecule has 0 saturated heterocycles. The van der Waals surface area contributed by atoms with Crippen LogP contribution in [0.4, 0.5) is 0 Å². The third-order valence-electron chi connectivity index (χ3n) is 2.69. The number of phenolic OH excluding ortho intramolecular Hbond substituents is 2. The molecular weight excluding hydrogens is 276 g/mol. The van der Waals surface area contributed by atoms with E-state index in [1.54, 1.807) is 48.8 Å². The molecule has 106 valence electrons. The van der Waals surface area contributed by atoms with Crippen LogP contribution in [0.5, 0.6) is 11.5 Å². The molecule has 5 heteroatoms. The van der Waals surface area contributed by atoms with E-state index in [4.69, 9.17) is 0 Å². The summed E-state index contributed by atoms with van der Waals surface area (Å²) in [6.07, 6.45) is 3.26. The minimum atomic E-state index is 0. The van der Waals surface area contributed by atoms with Gasteiger partial charge in [-0.2, -0.15) is 0 Å². The van der Waals surface area contributed by atoms with Crippen molar-refractivity contribution in [2.75, 3.05) is 13.1 Å². The Hall–Kier alpha value is -1.85. The van der Waals surface area contributed by atoms with Crippen molar-refractivity contribution in [3.8, 4) is 11.5 Å². The van der Waals surface area contributed by atoms with Crippen LogP contribution in [0.3, 0.4) is 0 Å². The molecule has 21 heavy (non-hydrogen) atoms. The Morgan fingerprint density at radius 1 is 0.762 bits per heavy atom. The fraction of sp³-hybridized carbons (Fsp3) is 0.125. The number of nitrogens with zero attached hydrogens (tertiary/aromatic N) is 2. The zero-order valence-electron chi connectivity index (χ0n) is 13.7. The number of aliphatic imine (C=N–C) groups is 2. The molecule has 0 spiro atoms. The van der Waals surface area contributed by atoms with Crippen LogP contribution in [0.15, 0.2) is 58.5 Å². The number of rotatable bonds is 5. The first-order chi connectivity index (χ1) is 9.77. The van der Waals surface area contributed by atoms with E-state index in [0.717, 1.165) is 0 Å². The summed E-state index contributed by atoms with van der Waals surface area (Å²) >= 11 is 0. The van der Waals surface area contributed by atoms with Crippen molar-refractivity contribution in [1.29, 1.82) is 0 Å². The van der Waals surface area contributed by atoms with Crippen LogP contribution in [0.2, 0.25) is 0 Å². The van der Waals surface area contributed by atoms with Gasteiger partial charge in [-0.3, -0.25) is 9.98 Å². The second kappa shape index (κ2) is 9.15. The van der Waals surface area contributed by atoms with Crippen molar-refractivity contribution in [1.82, 2.24) is 0 Å². The van der Waals surface area contributed by atoms with Crippen molar-refractivity contribution in [3.63, 3.8) is 0 Å². The molecule has 0 radical (unpaired) electrons. The average Bonchev–Trinajstić information content (AvgIpc) is 2.46. The zero-order valence-corrected chi connectivity index (χ0v) is 13.1. The predicted molar refractivity (Wildman–Crippen MR) is 89.1 cm³/mol. The van der Waals surface area contributed by atoms with Crippen LogP contribution in [0, 0.1) is 0 Å². The maximum absolute atomic E-state index is 9.54. The van der Waals surface area contributed by atoms with E-state index in [1.807, 2.05) is 12.1 Å². The van der Waals surface area contributed by atoms with Crippen LogP contribution in [-0.4, -0.2) is 58.8 Å². The number of benzene rings is 2. The van der Waals surface area contributed by atoms with Crippen molar-refractivity contribution >= 4 is 35.5 Å². The van der Waals surface area contributed by atoms with Gasteiger partial charge in [0.1, 0.15) is 11.5 Å². The fourth-order valence-corrected chi connectivity index (χ4v) is 1.63. The SMILES string of the molecule is Oc1ccccc1C=NCCN=Cc1ccccc1O.[H-].[H-].[Mg+2]. The van der Waals surface area contributed by atoms with Crippen LogP contribution in [0.1, 0.15) is 14.0 Å². The first-order valence-corrected chi connectivity index (χ1v) is 6.33. The first kappa shape index (κ1) is 17.2. The summed E-state index contributed by atoms with van der Waals surface area (Å²) in [7, 11) is 0. The molecule has 0 amide bonds. The monoisotopic (exact) mass is 294 g/mol. The summed E-state index contributed by atoms with van der Waals surface area (Å²) in [5.41, 5.74) is 1.38. The van der Waals surface area contributed by atoms with Crippen molar-refractivity contribution in [2.45, 2.75) is 0 Å². The summed E-state index contributed by atoms with van der Waals surface area (Å²) in [6.45, 7) is 1.05. The van der Waals surface area contributed by atoms with E-state index in [1.165, 1.54) is 0 Å². The van der Waals surface area contributed by atoms with Gasteiger partial charge in [0.15, 0.2) is 0 Å². The fourth-order valence-electron chi connectivity index (χ4n) is 1.63. The van der Waals surface area contributed by atoms with Gasteiger partial charge in [0.25, 0.3) is 0 Å². The minimum absolute atomic E-state index is 0. The topological polar surface area (TPSA) is 65.2 Å². The number of aromatic hydroxyl groups is 2. The van der Waals surface area contributed by atoms with Gasteiger partial charge in [0.05, 0.1) is 13.1 Å². The standard InChI is InChI=1S/C16H16N2O2.Mg.2H/c19-15-7-3-1-5-13(15)11-17-9-10-18-12-14-6-2-4-8-16(14)20;;;/h1-8,11-12,19-20H,9-10H2;;;/q;+2;2*-1. The van der Waals surface area contributed by atoms with Crippen molar-refractivity contribution < 1.29 is 13.1 Å². The van der Waals surface area contributed by atoms with Gasteiger partial charge in [0, 0.05) is 23.6 Å². The van der Waals surface area contributed by atoms with Gasteiger partial charge in [-0.1, -0.05) is 24.3 Å². The molecule has 0 aliphatic heterocycles. The van der Waals surface area contributed by atoms with Gasteiger partial charge in [-0.25, -0.2) is 0 Å². The quantitative estimate of drug-likeness (QED) is 0.505. The predicted octanol–water partition coefficient (Wildman–Crippen LogP) is 2.48. The molecule has 0 bridgehead atoms. The Labute approximate surface area is 143 Å². The van der Waals surface area contributed by atoms with Crippen LogP contribution >= 0.6 is 0 Å². The second-order valence-corrected chi connectivity index (χ2v) is 4.19. The summed E-state index contributed by atoms with van der Waals surface area (Å²) in [4.78, 5) is 8.39. The molecule has 0 aliphatic carbocycles. The summed E-state index contributed by atoms with van der Waals surface area (Å²) < 4.78 is 0. The van der Waals surface area contributed by atoms with Gasteiger partial charge >= 0.3 is 23.1 Å². The Bertz CT molecular complexity index is 581. The molecule has 0 saturated carbocycles. The summed E-state index contributed by atoms with van der Waals surface area (Å²) in [5, 5.41) is 19.1. The third-order valence-corrected chi connectivity index (χ3v) is 2.69. The molecular formula is C16H18MgN2O2. The Morgan fingerprint density at radius 2 is 1.14 bits per heavy atom. The number of hydrogen-bond acceptors (Lipinski definition) is 4. The minimum Gasteiger partial charge on any atom is -1.00 e. The van der Waals surface area contributed by atoms with Gasteiger partial charge in [-0.05, 0) is 24.3 Å². The molecule has 0 fully saturated rings. The number of phenols is 2. The van der Waals surface area contributed by atoms with Crippen molar-refractivity contribution in [2.24, 2.45) is 9.98 Å². The van der Waals surface area contributed by atoms with E-state index >= 15 is 0 Å². The molecule has 4 nitrogen and oxygen atoms in total. The van der Waals surface area contributed by atoms with Crippen LogP contribution < -0.4 is 0 Å². The normalized spacial score (nSPS) is 10.9. The van der Waals surface area contributed by atoms with E-state index < -0.39 is 0 Å². The second-order valence-electron chi connectivity index (χ2n) is 4.19. The molecule has 2 rings (SSSR count). The average molecular weight is 295 g/mol. The van der Waals surface area contributed by atoms with E-state index in [-0.39, 0.29) is 37.4 Å². The first-order valence-electron chi connectivity index (χ1n) is 6.33. The molecule has 0 aromatic heterocycles. The van der Waals surface area contributed by atoms with Gasteiger partial charge < -0.3 is 13.1 Å². The molecule has 0 unspecified atom stereocenters. The molecule has 2 N–H and O–H groups in total. The molecule has 0 aliphatic rings. The Balaban J connectivity index is 0. The van der Waals surface area contributed by atoms with Crippen LogP contribution in [0.25, 0.3) is 0 Å². The summed E-state index contributed by atoms with van der Waals surface area (Å²) in [6, 6.07) is 14.1. The largest absolute Gasteiger partial charge is 2.00 e. The Kier molecular flexibility index (Phi) is 7.49. The maximum Gasteiger partial charge on any atom is 2.00 e.